The summed E-state index contributed by atoms with van der Waals surface area (Å²) < 4.78 is 5.09. The molecule has 0 saturated heterocycles. The van der Waals surface area contributed by atoms with Gasteiger partial charge in [0, 0.05) is 16.4 Å². The second-order valence-corrected chi connectivity index (χ2v) is 6.21. The number of pyridine rings is 1. The zero-order valence-corrected chi connectivity index (χ0v) is 15.3. The lowest BCUT2D eigenvalue weighted by Gasteiger charge is -2.09. The summed E-state index contributed by atoms with van der Waals surface area (Å²) in [6, 6.07) is 15.7. The number of ether oxygens (including phenoxy) is 1. The number of rotatable bonds is 5. The second-order valence-electron chi connectivity index (χ2n) is 5.37. The van der Waals surface area contributed by atoms with Crippen molar-refractivity contribution in [2.45, 2.75) is 0 Å². The average Bonchev–Trinajstić information content (AvgIpc) is 2.64. The monoisotopic (exact) mass is 387 g/mol. The number of nitrogens with one attached hydrogen (secondary N) is 2. The molecule has 0 aliphatic rings. The molecule has 0 radical (unpaired) electrons. The fraction of sp³-hybridized carbons (Fsp3) is 0.0526. The van der Waals surface area contributed by atoms with Gasteiger partial charge in [-0.15, -0.1) is 0 Å². The Bertz CT molecular complexity index is 913. The van der Waals surface area contributed by atoms with Crippen molar-refractivity contribution in [3.8, 4) is 5.75 Å². The van der Waals surface area contributed by atoms with Crippen molar-refractivity contribution in [1.82, 2.24) is 4.98 Å². The fourth-order valence-corrected chi connectivity index (χ4v) is 2.62. The number of amides is 1. The number of nitrogens with zero attached hydrogens (tertiary/aromatic N) is 1. The number of hydrogen-bond donors (Lipinski definition) is 2. The number of methoxy groups -OCH3 is 1. The highest BCUT2D eigenvalue weighted by Gasteiger charge is 2.09. The van der Waals surface area contributed by atoms with Gasteiger partial charge in [-0.3, -0.25) is 4.79 Å². The number of hydrogen-bond acceptors (Lipinski definition) is 4. The molecule has 0 aliphatic carbocycles. The molecule has 1 aromatic heterocycles. The lowest BCUT2D eigenvalue weighted by molar-refractivity contribution is 0.102. The second kappa shape index (κ2) is 8.08. The third kappa shape index (κ3) is 4.45. The molecule has 1 heterocycles. The maximum Gasteiger partial charge on any atom is 0.274 e. The van der Waals surface area contributed by atoms with E-state index in [9.17, 15) is 4.79 Å². The quantitative estimate of drug-likeness (QED) is 0.615. The van der Waals surface area contributed by atoms with Crippen LogP contribution >= 0.6 is 23.2 Å². The van der Waals surface area contributed by atoms with Crippen molar-refractivity contribution >= 4 is 46.2 Å². The molecule has 0 atom stereocenters. The van der Waals surface area contributed by atoms with Gasteiger partial charge < -0.3 is 15.4 Å². The molecule has 5 nitrogen and oxygen atoms in total. The van der Waals surface area contributed by atoms with E-state index in [0.717, 1.165) is 11.4 Å². The van der Waals surface area contributed by atoms with E-state index in [-0.39, 0.29) is 5.91 Å². The molecule has 0 fully saturated rings. The normalized spacial score (nSPS) is 10.3. The number of carbonyl (C=O) groups excluding carboxylic acids is 1. The Morgan fingerprint density at radius 3 is 2.27 bits per heavy atom. The Balaban J connectivity index is 1.66. The van der Waals surface area contributed by atoms with E-state index in [4.69, 9.17) is 27.9 Å². The number of carbonyl (C=O) groups is 1. The molecule has 3 rings (SSSR count). The van der Waals surface area contributed by atoms with E-state index in [1.807, 2.05) is 12.1 Å². The van der Waals surface area contributed by atoms with Crippen LogP contribution in [0, 0.1) is 0 Å². The molecule has 0 saturated carbocycles. The van der Waals surface area contributed by atoms with Crippen molar-refractivity contribution in [3.05, 3.63) is 76.5 Å². The number of anilines is 3. The van der Waals surface area contributed by atoms with Gasteiger partial charge in [0.2, 0.25) is 0 Å². The van der Waals surface area contributed by atoms with Crippen molar-refractivity contribution < 1.29 is 9.53 Å². The van der Waals surface area contributed by atoms with E-state index < -0.39 is 0 Å². The minimum Gasteiger partial charge on any atom is -0.495 e. The highest BCUT2D eigenvalue weighted by Crippen LogP contribution is 2.27. The molecule has 3 aromatic rings. The van der Waals surface area contributed by atoms with Crippen LogP contribution in [-0.4, -0.2) is 18.0 Å². The molecule has 1 amide bonds. The maximum atomic E-state index is 12.3. The van der Waals surface area contributed by atoms with Gasteiger partial charge in [-0.1, -0.05) is 23.2 Å². The van der Waals surface area contributed by atoms with Gasteiger partial charge >= 0.3 is 0 Å². The number of halogens is 2. The van der Waals surface area contributed by atoms with Gasteiger partial charge in [0.25, 0.3) is 5.91 Å². The Morgan fingerprint density at radius 2 is 1.65 bits per heavy atom. The zero-order valence-electron chi connectivity index (χ0n) is 13.8. The van der Waals surface area contributed by atoms with E-state index in [2.05, 4.69) is 15.6 Å². The van der Waals surface area contributed by atoms with Crippen LogP contribution in [0.2, 0.25) is 10.0 Å². The SMILES string of the molecule is COc1ccc(NC(=O)c2ccc(Nc3ccc(Cl)cc3)cn2)cc1Cl. The van der Waals surface area contributed by atoms with Crippen molar-refractivity contribution in [2.24, 2.45) is 0 Å². The minimum absolute atomic E-state index is 0.290. The van der Waals surface area contributed by atoms with Crippen LogP contribution in [0.1, 0.15) is 10.5 Å². The average molecular weight is 388 g/mol. The van der Waals surface area contributed by atoms with Crippen LogP contribution in [0.25, 0.3) is 0 Å². The number of benzene rings is 2. The van der Waals surface area contributed by atoms with E-state index >= 15 is 0 Å². The van der Waals surface area contributed by atoms with Crippen LogP contribution in [0.3, 0.4) is 0 Å². The van der Waals surface area contributed by atoms with Gasteiger partial charge in [-0.25, -0.2) is 4.98 Å². The fourth-order valence-electron chi connectivity index (χ4n) is 2.24. The third-order valence-electron chi connectivity index (χ3n) is 3.54. The predicted molar refractivity (Wildman–Crippen MR) is 105 cm³/mol. The Hall–Kier alpha value is -2.76. The van der Waals surface area contributed by atoms with Crippen LogP contribution in [0.4, 0.5) is 17.1 Å². The van der Waals surface area contributed by atoms with Crippen molar-refractivity contribution in [1.29, 1.82) is 0 Å². The first kappa shape index (κ1) is 18.0. The summed E-state index contributed by atoms with van der Waals surface area (Å²) in [5, 5.41) is 7.02. The molecular formula is C19H15Cl2N3O2. The molecule has 2 aromatic carbocycles. The largest absolute Gasteiger partial charge is 0.495 e. The van der Waals surface area contributed by atoms with E-state index in [0.29, 0.717) is 27.2 Å². The van der Waals surface area contributed by atoms with Gasteiger partial charge in [0.05, 0.1) is 24.0 Å². The van der Waals surface area contributed by atoms with Gasteiger partial charge in [0.1, 0.15) is 11.4 Å². The van der Waals surface area contributed by atoms with Crippen LogP contribution < -0.4 is 15.4 Å². The van der Waals surface area contributed by atoms with Crippen LogP contribution in [0.15, 0.2) is 60.8 Å². The summed E-state index contributed by atoms with van der Waals surface area (Å²) in [6.45, 7) is 0. The first-order valence-corrected chi connectivity index (χ1v) is 8.44. The van der Waals surface area contributed by atoms with E-state index in [1.165, 1.54) is 7.11 Å². The molecule has 0 unspecified atom stereocenters. The first-order chi connectivity index (χ1) is 12.5. The molecular weight excluding hydrogens is 373 g/mol. The highest BCUT2D eigenvalue weighted by molar-refractivity contribution is 6.32. The molecule has 0 spiro atoms. The van der Waals surface area contributed by atoms with Gasteiger partial charge in [-0.05, 0) is 54.6 Å². The maximum absolute atomic E-state index is 12.3. The molecule has 0 bridgehead atoms. The topological polar surface area (TPSA) is 63.2 Å². The summed E-state index contributed by atoms with van der Waals surface area (Å²) in [4.78, 5) is 16.5. The van der Waals surface area contributed by atoms with Crippen LogP contribution in [-0.2, 0) is 0 Å². The van der Waals surface area contributed by atoms with Crippen LogP contribution in [0.5, 0.6) is 5.75 Å². The molecule has 7 heteroatoms. The summed E-state index contributed by atoms with van der Waals surface area (Å²) >= 11 is 11.9. The van der Waals surface area contributed by atoms with Gasteiger partial charge in [0.15, 0.2) is 0 Å². The Labute approximate surface area is 160 Å². The van der Waals surface area contributed by atoms with Crippen molar-refractivity contribution in [2.75, 3.05) is 17.7 Å². The summed E-state index contributed by atoms with van der Waals surface area (Å²) in [5.74, 6) is 0.213. The molecule has 2 N–H and O–H groups in total. The highest BCUT2D eigenvalue weighted by atomic mass is 35.5. The van der Waals surface area contributed by atoms with Gasteiger partial charge in [-0.2, -0.15) is 0 Å². The Kier molecular flexibility index (Phi) is 5.61. The predicted octanol–water partition coefficient (Wildman–Crippen LogP) is 5.39. The standard InChI is InChI=1S/C19H15Cl2N3O2/c1-26-18-9-7-14(10-16(18)21)24-19(25)17-8-6-15(11-22-17)23-13-4-2-12(20)3-5-13/h2-11,23H,1H3,(H,24,25). The smallest absolute Gasteiger partial charge is 0.274 e. The summed E-state index contributed by atoms with van der Waals surface area (Å²) in [7, 11) is 1.53. The molecule has 26 heavy (non-hydrogen) atoms. The first-order valence-electron chi connectivity index (χ1n) is 7.69. The minimum atomic E-state index is -0.329. The Morgan fingerprint density at radius 1 is 0.962 bits per heavy atom. The third-order valence-corrected chi connectivity index (χ3v) is 4.09. The number of aromatic nitrogens is 1. The van der Waals surface area contributed by atoms with Crippen molar-refractivity contribution in [3.63, 3.8) is 0 Å². The summed E-state index contributed by atoms with van der Waals surface area (Å²) in [6.07, 6.45) is 1.59. The lowest BCUT2D eigenvalue weighted by Crippen LogP contribution is -2.13. The molecule has 132 valence electrons. The zero-order chi connectivity index (χ0) is 18.5. The molecule has 0 aliphatic heterocycles. The van der Waals surface area contributed by atoms with E-state index in [1.54, 1.807) is 48.7 Å². The summed E-state index contributed by atoms with van der Waals surface area (Å²) in [5.41, 5.74) is 2.49. The lowest BCUT2D eigenvalue weighted by atomic mass is 10.2.